The Morgan fingerprint density at radius 1 is 1.53 bits per heavy atom. The summed E-state index contributed by atoms with van der Waals surface area (Å²) in [5.74, 6) is 0. The highest BCUT2D eigenvalue weighted by atomic mass is 32.2. The van der Waals surface area contributed by atoms with E-state index in [4.69, 9.17) is 5.73 Å². The standard InChI is InChI=1S/C11H16N4O2S2/c1-8-11(5-10(6-12)18-8)19(16,17)13-7-9-3-4-15(2)14-9/h3-5,13H,6-7,12H2,1-2H3. The normalized spacial score (nSPS) is 11.9. The van der Waals surface area contributed by atoms with Crippen LogP contribution in [-0.4, -0.2) is 18.2 Å². The van der Waals surface area contributed by atoms with Crippen molar-refractivity contribution in [3.05, 3.63) is 33.8 Å². The number of nitrogens with one attached hydrogen (secondary N) is 1. The van der Waals surface area contributed by atoms with Crippen molar-refractivity contribution in [2.75, 3.05) is 0 Å². The van der Waals surface area contributed by atoms with E-state index >= 15 is 0 Å². The molecular weight excluding hydrogens is 284 g/mol. The number of nitrogens with zero attached hydrogens (tertiary/aromatic N) is 2. The van der Waals surface area contributed by atoms with Crippen molar-refractivity contribution in [1.29, 1.82) is 0 Å². The average Bonchev–Trinajstić information content (AvgIpc) is 2.93. The SMILES string of the molecule is Cc1sc(CN)cc1S(=O)(=O)NCc1ccn(C)n1. The largest absolute Gasteiger partial charge is 0.326 e. The van der Waals surface area contributed by atoms with E-state index < -0.39 is 10.0 Å². The molecule has 0 saturated heterocycles. The third-order valence-corrected chi connectivity index (χ3v) is 5.36. The van der Waals surface area contributed by atoms with Crippen LogP contribution in [0.3, 0.4) is 0 Å². The van der Waals surface area contributed by atoms with Crippen LogP contribution in [0.5, 0.6) is 0 Å². The minimum absolute atomic E-state index is 0.177. The van der Waals surface area contributed by atoms with E-state index in [-0.39, 0.29) is 6.54 Å². The van der Waals surface area contributed by atoms with Crippen LogP contribution in [0.15, 0.2) is 23.2 Å². The molecule has 0 fully saturated rings. The zero-order valence-electron chi connectivity index (χ0n) is 10.8. The molecule has 0 spiro atoms. The van der Waals surface area contributed by atoms with Gasteiger partial charge in [-0.05, 0) is 19.1 Å². The average molecular weight is 300 g/mol. The molecule has 0 bridgehead atoms. The first-order valence-electron chi connectivity index (χ1n) is 5.70. The van der Waals surface area contributed by atoms with Gasteiger partial charge in [-0.3, -0.25) is 4.68 Å². The van der Waals surface area contributed by atoms with Crippen molar-refractivity contribution in [1.82, 2.24) is 14.5 Å². The fraction of sp³-hybridized carbons (Fsp3) is 0.364. The lowest BCUT2D eigenvalue weighted by Crippen LogP contribution is -2.23. The molecule has 0 saturated carbocycles. The number of aryl methyl sites for hydroxylation is 2. The number of thiophene rings is 1. The number of sulfonamides is 1. The van der Waals surface area contributed by atoms with Crippen LogP contribution in [0.25, 0.3) is 0 Å². The van der Waals surface area contributed by atoms with Gasteiger partial charge in [0.05, 0.1) is 17.1 Å². The van der Waals surface area contributed by atoms with Gasteiger partial charge in [-0.1, -0.05) is 0 Å². The maximum atomic E-state index is 12.2. The topological polar surface area (TPSA) is 90.0 Å². The van der Waals surface area contributed by atoms with Crippen molar-refractivity contribution in [2.24, 2.45) is 12.8 Å². The van der Waals surface area contributed by atoms with Gasteiger partial charge in [0, 0.05) is 29.5 Å². The monoisotopic (exact) mass is 300 g/mol. The second-order valence-corrected chi connectivity index (χ2v) is 7.22. The van der Waals surface area contributed by atoms with Crippen molar-refractivity contribution in [3.63, 3.8) is 0 Å². The molecular formula is C11H16N4O2S2. The van der Waals surface area contributed by atoms with E-state index in [1.165, 1.54) is 11.3 Å². The summed E-state index contributed by atoms with van der Waals surface area (Å²) >= 11 is 1.40. The predicted octanol–water partition coefficient (Wildman–Crippen LogP) is 0.727. The van der Waals surface area contributed by atoms with Crippen LogP contribution in [0.2, 0.25) is 0 Å². The summed E-state index contributed by atoms with van der Waals surface area (Å²) in [5.41, 5.74) is 6.20. The Kier molecular flexibility index (Phi) is 4.04. The zero-order valence-corrected chi connectivity index (χ0v) is 12.4. The van der Waals surface area contributed by atoms with Gasteiger partial charge in [0.15, 0.2) is 0 Å². The summed E-state index contributed by atoms with van der Waals surface area (Å²) in [4.78, 5) is 1.90. The Labute approximate surface area is 116 Å². The van der Waals surface area contributed by atoms with Gasteiger partial charge in [-0.15, -0.1) is 11.3 Å². The molecule has 19 heavy (non-hydrogen) atoms. The molecule has 2 heterocycles. The van der Waals surface area contributed by atoms with Gasteiger partial charge in [-0.2, -0.15) is 5.10 Å². The first-order chi connectivity index (χ1) is 8.92. The number of nitrogens with two attached hydrogens (primary N) is 1. The minimum atomic E-state index is -3.51. The molecule has 0 aliphatic heterocycles. The van der Waals surface area contributed by atoms with Crippen molar-refractivity contribution in [2.45, 2.75) is 24.9 Å². The molecule has 0 aromatic carbocycles. The number of aromatic nitrogens is 2. The molecule has 0 amide bonds. The van der Waals surface area contributed by atoms with Crippen LogP contribution in [0, 0.1) is 6.92 Å². The molecule has 104 valence electrons. The van der Waals surface area contributed by atoms with Crippen molar-refractivity contribution < 1.29 is 8.42 Å². The zero-order chi connectivity index (χ0) is 14.0. The van der Waals surface area contributed by atoms with Crippen molar-refractivity contribution in [3.8, 4) is 0 Å². The van der Waals surface area contributed by atoms with Crippen LogP contribution in [0.1, 0.15) is 15.4 Å². The van der Waals surface area contributed by atoms with Crippen molar-refractivity contribution >= 4 is 21.4 Å². The number of rotatable bonds is 5. The van der Waals surface area contributed by atoms with E-state index in [1.807, 2.05) is 0 Å². The lowest BCUT2D eigenvalue weighted by atomic mass is 10.4. The number of hydrogen-bond acceptors (Lipinski definition) is 5. The van der Waals surface area contributed by atoms with Gasteiger partial charge in [-0.25, -0.2) is 13.1 Å². The molecule has 8 heteroatoms. The third-order valence-electron chi connectivity index (χ3n) is 2.63. The quantitative estimate of drug-likeness (QED) is 0.851. The van der Waals surface area contributed by atoms with Gasteiger partial charge in [0.1, 0.15) is 0 Å². The van der Waals surface area contributed by atoms with Crippen LogP contribution in [-0.2, 0) is 30.2 Å². The summed E-state index contributed by atoms with van der Waals surface area (Å²) < 4.78 is 28.5. The smallest absolute Gasteiger partial charge is 0.242 e. The Morgan fingerprint density at radius 3 is 2.79 bits per heavy atom. The van der Waals surface area contributed by atoms with Gasteiger partial charge < -0.3 is 5.73 Å². The Bertz CT molecular complexity index is 673. The summed E-state index contributed by atoms with van der Waals surface area (Å²) in [7, 11) is -1.73. The minimum Gasteiger partial charge on any atom is -0.326 e. The first-order valence-corrected chi connectivity index (χ1v) is 8.00. The lowest BCUT2D eigenvalue weighted by molar-refractivity contribution is 0.579. The maximum absolute atomic E-state index is 12.2. The molecule has 0 unspecified atom stereocenters. The van der Waals surface area contributed by atoms with Gasteiger partial charge in [0.2, 0.25) is 10.0 Å². The van der Waals surface area contributed by atoms with Crippen LogP contribution in [0.4, 0.5) is 0 Å². The Hall–Kier alpha value is -1.22. The van der Waals surface area contributed by atoms with Crippen LogP contribution < -0.4 is 10.5 Å². The molecule has 2 aromatic rings. The fourth-order valence-electron chi connectivity index (χ4n) is 1.70. The summed E-state index contributed by atoms with van der Waals surface area (Å²) in [6.45, 7) is 2.30. The molecule has 0 aliphatic carbocycles. The molecule has 0 atom stereocenters. The Morgan fingerprint density at radius 2 is 2.26 bits per heavy atom. The Balaban J connectivity index is 2.15. The van der Waals surface area contributed by atoms with E-state index in [9.17, 15) is 8.42 Å². The lowest BCUT2D eigenvalue weighted by Gasteiger charge is -2.04. The predicted molar refractivity (Wildman–Crippen MR) is 74.2 cm³/mol. The summed E-state index contributed by atoms with van der Waals surface area (Å²) in [5, 5.41) is 4.12. The van der Waals surface area contributed by atoms with E-state index in [0.29, 0.717) is 17.1 Å². The van der Waals surface area contributed by atoms with E-state index in [2.05, 4.69) is 9.82 Å². The highest BCUT2D eigenvalue weighted by Crippen LogP contribution is 2.25. The second kappa shape index (κ2) is 5.41. The first kappa shape index (κ1) is 14.2. The summed E-state index contributed by atoms with van der Waals surface area (Å²) in [6, 6.07) is 3.40. The molecule has 0 radical (unpaired) electrons. The van der Waals surface area contributed by atoms with Gasteiger partial charge in [0.25, 0.3) is 0 Å². The fourth-order valence-corrected chi connectivity index (χ4v) is 4.21. The molecule has 6 nitrogen and oxygen atoms in total. The second-order valence-electron chi connectivity index (χ2n) is 4.14. The summed E-state index contributed by atoms with van der Waals surface area (Å²) in [6.07, 6.45) is 1.77. The maximum Gasteiger partial charge on any atom is 0.242 e. The molecule has 2 rings (SSSR count). The molecule has 3 N–H and O–H groups in total. The van der Waals surface area contributed by atoms with Gasteiger partial charge >= 0.3 is 0 Å². The number of hydrogen-bond donors (Lipinski definition) is 2. The third kappa shape index (κ3) is 3.21. The molecule has 2 aromatic heterocycles. The highest BCUT2D eigenvalue weighted by molar-refractivity contribution is 7.89. The van der Waals surface area contributed by atoms with E-state index in [1.54, 1.807) is 37.0 Å². The molecule has 0 aliphatic rings. The van der Waals surface area contributed by atoms with E-state index in [0.717, 1.165) is 9.75 Å². The highest BCUT2D eigenvalue weighted by Gasteiger charge is 2.19. The van der Waals surface area contributed by atoms with Crippen LogP contribution >= 0.6 is 11.3 Å².